The Morgan fingerprint density at radius 1 is 0.525 bits per heavy atom. The van der Waals surface area contributed by atoms with Crippen molar-refractivity contribution in [3.05, 3.63) is 145 Å². The second-order valence-corrected chi connectivity index (χ2v) is 10.0. The van der Waals surface area contributed by atoms with E-state index in [0.29, 0.717) is 0 Å². The van der Waals surface area contributed by atoms with Crippen LogP contribution in [-0.4, -0.2) is 9.55 Å². The molecule has 0 fully saturated rings. The molecule has 0 spiro atoms. The highest BCUT2D eigenvalue weighted by Gasteiger charge is 2.21. The van der Waals surface area contributed by atoms with E-state index in [2.05, 4.69) is 126 Å². The Hall–Kier alpha value is -5.41. The van der Waals surface area contributed by atoms with E-state index in [0.717, 1.165) is 72.6 Å². The zero-order valence-corrected chi connectivity index (χ0v) is 21.7. The summed E-state index contributed by atoms with van der Waals surface area (Å²) in [5, 5.41) is 2.22. The van der Waals surface area contributed by atoms with Crippen LogP contribution >= 0.6 is 0 Å². The van der Waals surface area contributed by atoms with Gasteiger partial charge >= 0.3 is 0 Å². The van der Waals surface area contributed by atoms with Gasteiger partial charge in [-0.15, -0.1) is 0 Å². The van der Waals surface area contributed by atoms with Gasteiger partial charge in [-0.3, -0.25) is 4.57 Å². The molecule has 188 valence electrons. The van der Waals surface area contributed by atoms with Gasteiger partial charge in [-0.25, -0.2) is 4.98 Å². The minimum atomic E-state index is 0.859. The zero-order valence-electron chi connectivity index (χ0n) is 21.7. The largest absolute Gasteiger partial charge is 0.455 e. The van der Waals surface area contributed by atoms with Crippen LogP contribution in [0.1, 0.15) is 11.1 Å². The molecular formula is C37H24N2O. The number of rotatable bonds is 3. The SMILES string of the molecule is C1=Cc2ccc3c(c2Oc2ccccc21)c1ccccc1n3-c1cc(-c2ccccc2)cc(-c2ccccc2)n1. The summed E-state index contributed by atoms with van der Waals surface area (Å²) in [6, 6.07) is 46.3. The summed E-state index contributed by atoms with van der Waals surface area (Å²) in [5.41, 5.74) is 8.58. The van der Waals surface area contributed by atoms with Gasteiger partial charge in [-0.1, -0.05) is 109 Å². The lowest BCUT2D eigenvalue weighted by atomic mass is 10.0. The van der Waals surface area contributed by atoms with Crippen molar-refractivity contribution in [3.8, 4) is 39.7 Å². The van der Waals surface area contributed by atoms with E-state index in [1.165, 1.54) is 0 Å². The Balaban J connectivity index is 1.43. The van der Waals surface area contributed by atoms with Crippen LogP contribution in [0.4, 0.5) is 0 Å². The number of nitrogens with zero attached hydrogens (tertiary/aromatic N) is 2. The lowest BCUT2D eigenvalue weighted by Gasteiger charge is -2.14. The monoisotopic (exact) mass is 512 g/mol. The van der Waals surface area contributed by atoms with Crippen LogP contribution in [0.15, 0.2) is 133 Å². The average Bonchev–Trinajstić information content (AvgIpc) is 3.24. The Bertz CT molecular complexity index is 2010. The summed E-state index contributed by atoms with van der Waals surface area (Å²) >= 11 is 0. The van der Waals surface area contributed by atoms with E-state index in [-0.39, 0.29) is 0 Å². The van der Waals surface area contributed by atoms with E-state index in [9.17, 15) is 0 Å². The Morgan fingerprint density at radius 3 is 2.08 bits per heavy atom. The molecule has 1 aliphatic heterocycles. The highest BCUT2D eigenvalue weighted by molar-refractivity contribution is 6.13. The number of pyridine rings is 1. The first-order valence-corrected chi connectivity index (χ1v) is 13.5. The van der Waals surface area contributed by atoms with Gasteiger partial charge in [0, 0.05) is 22.1 Å². The molecule has 3 heteroatoms. The fourth-order valence-corrected chi connectivity index (χ4v) is 5.72. The summed E-state index contributed by atoms with van der Waals surface area (Å²) in [5.74, 6) is 2.60. The second-order valence-electron chi connectivity index (χ2n) is 10.0. The lowest BCUT2D eigenvalue weighted by molar-refractivity contribution is 0.487. The molecule has 0 bridgehead atoms. The van der Waals surface area contributed by atoms with Crippen molar-refractivity contribution in [1.29, 1.82) is 0 Å². The summed E-state index contributed by atoms with van der Waals surface area (Å²) in [6.45, 7) is 0. The molecular weight excluding hydrogens is 488 g/mol. The molecule has 0 atom stereocenters. The summed E-state index contributed by atoms with van der Waals surface area (Å²) in [6.07, 6.45) is 4.28. The smallest absolute Gasteiger partial charge is 0.144 e. The maximum absolute atomic E-state index is 6.66. The van der Waals surface area contributed by atoms with Crippen molar-refractivity contribution in [2.24, 2.45) is 0 Å². The van der Waals surface area contributed by atoms with Crippen LogP contribution in [0.2, 0.25) is 0 Å². The number of hydrogen-bond donors (Lipinski definition) is 0. The zero-order chi connectivity index (χ0) is 26.5. The van der Waals surface area contributed by atoms with E-state index in [1.54, 1.807) is 0 Å². The van der Waals surface area contributed by atoms with Crippen LogP contribution in [-0.2, 0) is 0 Å². The first kappa shape index (κ1) is 22.6. The standard InChI is InChI=1S/C37H24N2O/c1-3-11-25(12-4-1)29-23-31(26-13-5-2-6-14-26)38-35(24-29)39-32-17-9-8-16-30(32)36-33(39)22-21-28-20-19-27-15-7-10-18-34(27)40-37(28)36/h1-24H. The van der Waals surface area contributed by atoms with Gasteiger partial charge in [-0.05, 0) is 47.5 Å². The Morgan fingerprint density at radius 2 is 1.23 bits per heavy atom. The summed E-state index contributed by atoms with van der Waals surface area (Å²) < 4.78 is 8.93. The number of para-hydroxylation sites is 2. The van der Waals surface area contributed by atoms with Gasteiger partial charge in [0.25, 0.3) is 0 Å². The molecule has 0 aliphatic carbocycles. The third-order valence-electron chi connectivity index (χ3n) is 7.61. The van der Waals surface area contributed by atoms with Gasteiger partial charge in [0.1, 0.15) is 17.3 Å². The molecule has 5 aromatic carbocycles. The van der Waals surface area contributed by atoms with Crippen LogP contribution in [0, 0.1) is 0 Å². The number of fused-ring (bicyclic) bond motifs is 6. The quantitative estimate of drug-likeness (QED) is 0.236. The molecule has 0 saturated heterocycles. The van der Waals surface area contributed by atoms with Crippen LogP contribution in [0.3, 0.4) is 0 Å². The lowest BCUT2D eigenvalue weighted by Crippen LogP contribution is -2.00. The first-order valence-electron chi connectivity index (χ1n) is 13.5. The van der Waals surface area contributed by atoms with Gasteiger partial charge < -0.3 is 4.74 Å². The fourth-order valence-electron chi connectivity index (χ4n) is 5.72. The third kappa shape index (κ3) is 3.63. The minimum absolute atomic E-state index is 0.859. The van der Waals surface area contributed by atoms with Crippen LogP contribution in [0.5, 0.6) is 11.5 Å². The molecule has 0 unspecified atom stereocenters. The number of ether oxygens (including phenoxy) is 1. The van der Waals surface area contributed by atoms with E-state index >= 15 is 0 Å². The average molecular weight is 513 g/mol. The minimum Gasteiger partial charge on any atom is -0.455 e. The van der Waals surface area contributed by atoms with Crippen LogP contribution in [0.25, 0.3) is 62.2 Å². The molecule has 1 aliphatic rings. The van der Waals surface area contributed by atoms with Crippen molar-refractivity contribution >= 4 is 34.0 Å². The maximum atomic E-state index is 6.66. The summed E-state index contributed by atoms with van der Waals surface area (Å²) in [7, 11) is 0. The molecule has 0 N–H and O–H groups in total. The summed E-state index contributed by atoms with van der Waals surface area (Å²) in [4.78, 5) is 5.25. The molecule has 7 aromatic rings. The van der Waals surface area contributed by atoms with Gasteiger partial charge in [0.15, 0.2) is 0 Å². The van der Waals surface area contributed by atoms with E-state index in [1.807, 2.05) is 24.3 Å². The molecule has 0 amide bonds. The predicted molar refractivity (Wildman–Crippen MR) is 165 cm³/mol. The van der Waals surface area contributed by atoms with Crippen LogP contribution < -0.4 is 4.74 Å². The fraction of sp³-hybridized carbons (Fsp3) is 0. The molecule has 2 aromatic heterocycles. The number of hydrogen-bond acceptors (Lipinski definition) is 2. The van der Waals surface area contributed by atoms with Crippen molar-refractivity contribution in [1.82, 2.24) is 9.55 Å². The Labute approximate surface area is 232 Å². The van der Waals surface area contributed by atoms with E-state index in [4.69, 9.17) is 9.72 Å². The second kappa shape index (κ2) is 9.11. The third-order valence-corrected chi connectivity index (χ3v) is 7.61. The molecule has 8 rings (SSSR count). The van der Waals surface area contributed by atoms with Crippen molar-refractivity contribution in [2.45, 2.75) is 0 Å². The maximum Gasteiger partial charge on any atom is 0.144 e. The van der Waals surface area contributed by atoms with E-state index < -0.39 is 0 Å². The predicted octanol–water partition coefficient (Wildman–Crippen LogP) is 9.79. The van der Waals surface area contributed by atoms with Gasteiger partial charge in [-0.2, -0.15) is 0 Å². The highest BCUT2D eigenvalue weighted by atomic mass is 16.5. The topological polar surface area (TPSA) is 27.1 Å². The van der Waals surface area contributed by atoms with Crippen molar-refractivity contribution in [2.75, 3.05) is 0 Å². The van der Waals surface area contributed by atoms with Gasteiger partial charge in [0.05, 0.1) is 22.1 Å². The van der Waals surface area contributed by atoms with Gasteiger partial charge in [0.2, 0.25) is 0 Å². The molecule has 0 radical (unpaired) electrons. The normalized spacial score (nSPS) is 12.1. The Kier molecular flexibility index (Phi) is 5.14. The van der Waals surface area contributed by atoms with Crippen molar-refractivity contribution < 1.29 is 4.74 Å². The first-order chi connectivity index (χ1) is 19.8. The highest BCUT2D eigenvalue weighted by Crippen LogP contribution is 2.44. The molecule has 3 heterocycles. The molecule has 0 saturated carbocycles. The molecule has 40 heavy (non-hydrogen) atoms. The molecule has 3 nitrogen and oxygen atoms in total. The number of aromatic nitrogens is 2. The van der Waals surface area contributed by atoms with Crippen molar-refractivity contribution in [3.63, 3.8) is 0 Å². The number of benzene rings is 5.